The lowest BCUT2D eigenvalue weighted by Gasteiger charge is -2.45. The van der Waals surface area contributed by atoms with Gasteiger partial charge in [0.15, 0.2) is 0 Å². The van der Waals surface area contributed by atoms with Gasteiger partial charge in [0.05, 0.1) is 33.2 Å². The van der Waals surface area contributed by atoms with E-state index in [1.807, 2.05) is 12.1 Å². The van der Waals surface area contributed by atoms with Crippen molar-refractivity contribution in [3.8, 4) is 45.4 Å². The van der Waals surface area contributed by atoms with E-state index >= 15 is 0 Å². The zero-order valence-electron chi connectivity index (χ0n) is 29.1. The summed E-state index contributed by atoms with van der Waals surface area (Å²) in [5, 5.41) is 2.52. The number of rotatable bonds is 3. The first-order valence-electron chi connectivity index (χ1n) is 18.5. The highest BCUT2D eigenvalue weighted by molar-refractivity contribution is 6.12. The fourth-order valence-electron chi connectivity index (χ4n) is 9.43. The Bertz CT molecular complexity index is 3130. The van der Waals surface area contributed by atoms with E-state index in [1.54, 1.807) is 0 Å². The first-order valence-corrected chi connectivity index (χ1v) is 18.5. The van der Waals surface area contributed by atoms with Crippen molar-refractivity contribution in [2.45, 2.75) is 5.41 Å². The molecule has 252 valence electrons. The molecule has 54 heavy (non-hydrogen) atoms. The molecule has 4 heteroatoms. The van der Waals surface area contributed by atoms with Crippen molar-refractivity contribution in [2.75, 3.05) is 0 Å². The minimum atomic E-state index is -0.610. The van der Waals surface area contributed by atoms with Gasteiger partial charge in [0, 0.05) is 38.7 Å². The molecule has 0 aliphatic carbocycles. The van der Waals surface area contributed by atoms with Crippen molar-refractivity contribution in [1.29, 1.82) is 0 Å². The average molecular weight is 690 g/mol. The molecular formula is C50H31N3O. The first kappa shape index (κ1) is 29.4. The fourth-order valence-corrected chi connectivity index (χ4v) is 9.43. The van der Waals surface area contributed by atoms with Gasteiger partial charge in [-0.25, -0.2) is 4.98 Å². The number of ether oxygens (including phenoxy) is 1. The average Bonchev–Trinajstić information content (AvgIpc) is 3.80. The molecule has 2 aliphatic heterocycles. The molecule has 0 fully saturated rings. The molecule has 1 atom stereocenters. The van der Waals surface area contributed by atoms with Crippen LogP contribution in [-0.4, -0.2) is 14.1 Å². The molecule has 4 heterocycles. The van der Waals surface area contributed by atoms with E-state index in [2.05, 4.69) is 185 Å². The summed E-state index contributed by atoms with van der Waals surface area (Å²) in [4.78, 5) is 5.12. The van der Waals surface area contributed by atoms with E-state index in [9.17, 15) is 0 Å². The van der Waals surface area contributed by atoms with Crippen LogP contribution in [0, 0.1) is 0 Å². The van der Waals surface area contributed by atoms with Crippen molar-refractivity contribution >= 4 is 32.8 Å². The van der Waals surface area contributed by atoms with Gasteiger partial charge in [0.25, 0.3) is 0 Å². The van der Waals surface area contributed by atoms with Crippen molar-refractivity contribution in [1.82, 2.24) is 14.1 Å². The minimum Gasteiger partial charge on any atom is -0.456 e. The minimum absolute atomic E-state index is 0.610. The van der Waals surface area contributed by atoms with E-state index in [0.717, 1.165) is 61.9 Å². The summed E-state index contributed by atoms with van der Waals surface area (Å²) in [7, 11) is 0. The predicted molar refractivity (Wildman–Crippen MR) is 218 cm³/mol. The summed E-state index contributed by atoms with van der Waals surface area (Å²) in [5.74, 6) is 2.68. The highest BCUT2D eigenvalue weighted by Crippen LogP contribution is 2.61. The van der Waals surface area contributed by atoms with Gasteiger partial charge in [-0.05, 0) is 59.2 Å². The lowest BCUT2D eigenvalue weighted by atomic mass is 9.61. The Morgan fingerprint density at radius 1 is 0.444 bits per heavy atom. The van der Waals surface area contributed by atoms with Crippen LogP contribution in [0.3, 0.4) is 0 Å². The molecule has 0 amide bonds. The molecule has 4 nitrogen and oxygen atoms in total. The van der Waals surface area contributed by atoms with Crippen LogP contribution >= 0.6 is 0 Å². The standard InChI is InChI=1S/C50H31N3O/c1-2-14-34(15-3-1)52-45-26-10-7-23-42(45)51-49(52)33-30-28-32(29-31-33)35-17-12-22-41-48(35)54-46-27-11-6-20-39(46)50(41)38-19-5-9-25-44(38)53-43-24-8-4-16-36(43)37-18-13-21-40(50)47(37)53/h1-31H. The van der Waals surface area contributed by atoms with Crippen molar-refractivity contribution < 1.29 is 4.74 Å². The topological polar surface area (TPSA) is 32.0 Å². The zero-order chi connectivity index (χ0) is 35.4. The Kier molecular flexibility index (Phi) is 5.95. The number of nitrogens with zero attached hydrogens (tertiary/aromatic N) is 3. The summed E-state index contributed by atoms with van der Waals surface area (Å²) in [5.41, 5.74) is 14.2. The van der Waals surface area contributed by atoms with Gasteiger partial charge in [0.1, 0.15) is 17.3 Å². The van der Waals surface area contributed by atoms with Crippen molar-refractivity contribution in [3.63, 3.8) is 0 Å². The van der Waals surface area contributed by atoms with Crippen LogP contribution in [0.4, 0.5) is 0 Å². The maximum Gasteiger partial charge on any atom is 0.145 e. The molecule has 1 spiro atoms. The van der Waals surface area contributed by atoms with Crippen LogP contribution in [0.2, 0.25) is 0 Å². The number of benzene rings is 8. The van der Waals surface area contributed by atoms with Crippen LogP contribution in [0.15, 0.2) is 188 Å². The van der Waals surface area contributed by atoms with Gasteiger partial charge < -0.3 is 9.30 Å². The van der Waals surface area contributed by atoms with Crippen LogP contribution < -0.4 is 4.74 Å². The smallest absolute Gasteiger partial charge is 0.145 e. The maximum absolute atomic E-state index is 7.06. The number of para-hydroxylation sites is 8. The molecule has 8 aromatic carbocycles. The Hall–Kier alpha value is -7.17. The van der Waals surface area contributed by atoms with Crippen LogP contribution in [0.5, 0.6) is 11.5 Å². The Morgan fingerprint density at radius 2 is 1.09 bits per heavy atom. The molecule has 0 N–H and O–H groups in total. The Labute approximate surface area is 311 Å². The normalized spacial score (nSPS) is 15.3. The lowest BCUT2D eigenvalue weighted by molar-refractivity contribution is 0.435. The lowest BCUT2D eigenvalue weighted by Crippen LogP contribution is -2.37. The number of hydrogen-bond acceptors (Lipinski definition) is 2. The molecule has 0 radical (unpaired) electrons. The zero-order valence-corrected chi connectivity index (χ0v) is 29.1. The molecule has 1 unspecified atom stereocenters. The van der Waals surface area contributed by atoms with E-state index < -0.39 is 5.41 Å². The van der Waals surface area contributed by atoms with E-state index in [-0.39, 0.29) is 0 Å². The van der Waals surface area contributed by atoms with Gasteiger partial charge in [-0.15, -0.1) is 0 Å². The summed E-state index contributed by atoms with van der Waals surface area (Å²) >= 11 is 0. The molecule has 12 rings (SSSR count). The number of aromatic nitrogens is 3. The molecule has 2 aromatic heterocycles. The third-order valence-corrected chi connectivity index (χ3v) is 11.6. The van der Waals surface area contributed by atoms with E-state index in [1.165, 1.54) is 38.6 Å². The molecule has 0 saturated carbocycles. The summed E-state index contributed by atoms with van der Waals surface area (Å²) in [6.07, 6.45) is 0. The third-order valence-electron chi connectivity index (χ3n) is 11.6. The van der Waals surface area contributed by atoms with Crippen LogP contribution in [-0.2, 0) is 5.41 Å². The quantitative estimate of drug-likeness (QED) is 0.185. The van der Waals surface area contributed by atoms with Gasteiger partial charge in [-0.3, -0.25) is 4.57 Å². The molecular weight excluding hydrogens is 659 g/mol. The molecule has 0 bridgehead atoms. The van der Waals surface area contributed by atoms with E-state index in [4.69, 9.17) is 9.72 Å². The highest BCUT2D eigenvalue weighted by Gasteiger charge is 2.50. The second kappa shape index (κ2) is 10.9. The Morgan fingerprint density at radius 3 is 1.98 bits per heavy atom. The number of fused-ring (bicyclic) bond motifs is 12. The molecule has 10 aromatic rings. The van der Waals surface area contributed by atoms with Crippen LogP contribution in [0.25, 0.3) is 66.7 Å². The monoisotopic (exact) mass is 689 g/mol. The predicted octanol–water partition coefficient (Wildman–Crippen LogP) is 12.3. The van der Waals surface area contributed by atoms with Crippen molar-refractivity contribution in [2.24, 2.45) is 0 Å². The number of imidazole rings is 1. The third kappa shape index (κ3) is 3.79. The highest BCUT2D eigenvalue weighted by atomic mass is 16.5. The fraction of sp³-hybridized carbons (Fsp3) is 0.0200. The largest absolute Gasteiger partial charge is 0.456 e. The molecule has 0 saturated heterocycles. The Balaban J connectivity index is 1.10. The van der Waals surface area contributed by atoms with E-state index in [0.29, 0.717) is 0 Å². The SMILES string of the molecule is c1ccc(-n2c(-c3ccc(-c4cccc5c4Oc4ccccc4C54c5ccccc5-n5c6ccccc6c6cccc4c65)cc3)nc3ccccc32)cc1. The second-order valence-corrected chi connectivity index (χ2v) is 14.3. The van der Waals surface area contributed by atoms with Crippen molar-refractivity contribution in [3.05, 3.63) is 210 Å². The second-order valence-electron chi connectivity index (χ2n) is 14.3. The van der Waals surface area contributed by atoms with Gasteiger partial charge >= 0.3 is 0 Å². The summed E-state index contributed by atoms with van der Waals surface area (Å²) < 4.78 is 11.8. The summed E-state index contributed by atoms with van der Waals surface area (Å²) in [6.45, 7) is 0. The summed E-state index contributed by atoms with van der Waals surface area (Å²) in [6, 6.07) is 67.5. The maximum atomic E-state index is 7.06. The van der Waals surface area contributed by atoms with Gasteiger partial charge in [0.2, 0.25) is 0 Å². The van der Waals surface area contributed by atoms with Gasteiger partial charge in [-0.1, -0.05) is 146 Å². The van der Waals surface area contributed by atoms with Gasteiger partial charge in [-0.2, -0.15) is 0 Å². The number of hydrogen-bond donors (Lipinski definition) is 0. The van der Waals surface area contributed by atoms with Crippen LogP contribution in [0.1, 0.15) is 22.3 Å². The first-order chi connectivity index (χ1) is 26.8. The molecule has 2 aliphatic rings.